The number of sulfonamides is 1. The lowest BCUT2D eigenvalue weighted by molar-refractivity contribution is -0.130. The highest BCUT2D eigenvalue weighted by Crippen LogP contribution is 2.11. The van der Waals surface area contributed by atoms with Crippen molar-refractivity contribution < 1.29 is 17.9 Å². The minimum absolute atomic E-state index is 0.0930. The molecule has 0 aliphatic carbocycles. The Labute approximate surface area is 102 Å². The summed E-state index contributed by atoms with van der Waals surface area (Å²) in [4.78, 5) is 11.5. The summed E-state index contributed by atoms with van der Waals surface area (Å²) >= 11 is 0. The van der Waals surface area contributed by atoms with E-state index in [4.69, 9.17) is 4.74 Å². The first kappa shape index (κ1) is 14.4. The molecule has 1 aliphatic heterocycles. The molecule has 1 amide bonds. The molecule has 7 heteroatoms. The third-order valence-electron chi connectivity index (χ3n) is 2.74. The molecule has 1 fully saturated rings. The fourth-order valence-corrected chi connectivity index (χ4v) is 2.04. The summed E-state index contributed by atoms with van der Waals surface area (Å²) in [6, 6.07) is 0. The average molecular weight is 264 g/mol. The number of carbonyl (C=O) groups is 1. The Bertz CT molecular complexity index is 349. The number of hydrogen-bond acceptors (Lipinski definition) is 4. The fraction of sp³-hybridized carbons (Fsp3) is 0.900. The molecule has 0 aromatic carbocycles. The standard InChI is InChI=1S/C10H20N2O4S/c1-12(17(2,14)15)7-4-6-11-10(13)9-5-3-8-16-9/h9H,3-8H2,1-2H3,(H,11,13)/t9-/m0/s1. The summed E-state index contributed by atoms with van der Waals surface area (Å²) in [5.74, 6) is -0.0930. The van der Waals surface area contributed by atoms with Crippen LogP contribution < -0.4 is 5.32 Å². The second-order valence-corrected chi connectivity index (χ2v) is 6.32. The molecular formula is C10H20N2O4S. The van der Waals surface area contributed by atoms with Crippen LogP contribution in [0.5, 0.6) is 0 Å². The Hall–Kier alpha value is -0.660. The monoisotopic (exact) mass is 264 g/mol. The number of amides is 1. The fourth-order valence-electron chi connectivity index (χ4n) is 1.58. The van der Waals surface area contributed by atoms with Gasteiger partial charge >= 0.3 is 0 Å². The Morgan fingerprint density at radius 2 is 2.24 bits per heavy atom. The molecule has 1 rings (SSSR count). The van der Waals surface area contributed by atoms with Crippen LogP contribution in [-0.2, 0) is 19.6 Å². The highest BCUT2D eigenvalue weighted by molar-refractivity contribution is 7.88. The lowest BCUT2D eigenvalue weighted by Crippen LogP contribution is -2.36. The van der Waals surface area contributed by atoms with E-state index in [-0.39, 0.29) is 12.0 Å². The van der Waals surface area contributed by atoms with E-state index in [2.05, 4.69) is 5.32 Å². The van der Waals surface area contributed by atoms with E-state index in [1.54, 1.807) is 0 Å². The smallest absolute Gasteiger partial charge is 0.249 e. The maximum Gasteiger partial charge on any atom is 0.249 e. The van der Waals surface area contributed by atoms with Gasteiger partial charge in [-0.2, -0.15) is 0 Å². The number of hydrogen-bond donors (Lipinski definition) is 1. The van der Waals surface area contributed by atoms with E-state index in [0.717, 1.165) is 19.1 Å². The van der Waals surface area contributed by atoms with Gasteiger partial charge in [0.25, 0.3) is 0 Å². The van der Waals surface area contributed by atoms with Gasteiger partial charge in [-0.15, -0.1) is 0 Å². The lowest BCUT2D eigenvalue weighted by atomic mass is 10.2. The van der Waals surface area contributed by atoms with Gasteiger partial charge < -0.3 is 10.1 Å². The largest absolute Gasteiger partial charge is 0.368 e. The summed E-state index contributed by atoms with van der Waals surface area (Å²) in [6.45, 7) is 1.53. The zero-order chi connectivity index (χ0) is 12.9. The number of ether oxygens (including phenoxy) is 1. The van der Waals surface area contributed by atoms with Crippen LogP contribution in [0.4, 0.5) is 0 Å². The summed E-state index contributed by atoms with van der Waals surface area (Å²) in [5, 5.41) is 2.75. The van der Waals surface area contributed by atoms with Crippen LogP contribution >= 0.6 is 0 Å². The molecule has 0 unspecified atom stereocenters. The molecule has 1 aliphatic rings. The van der Waals surface area contributed by atoms with E-state index < -0.39 is 10.0 Å². The molecule has 17 heavy (non-hydrogen) atoms. The normalized spacial score (nSPS) is 20.8. The molecule has 0 radical (unpaired) electrons. The Balaban J connectivity index is 2.13. The van der Waals surface area contributed by atoms with Crippen LogP contribution in [0.3, 0.4) is 0 Å². The number of nitrogens with one attached hydrogen (secondary N) is 1. The summed E-state index contributed by atoms with van der Waals surface area (Å²) in [6.07, 6.45) is 3.15. The highest BCUT2D eigenvalue weighted by Gasteiger charge is 2.22. The second kappa shape index (κ2) is 6.32. The topological polar surface area (TPSA) is 75.7 Å². The van der Waals surface area contributed by atoms with E-state index in [9.17, 15) is 13.2 Å². The summed E-state index contributed by atoms with van der Waals surface area (Å²) in [5.41, 5.74) is 0. The van der Waals surface area contributed by atoms with Crippen molar-refractivity contribution >= 4 is 15.9 Å². The first-order valence-electron chi connectivity index (χ1n) is 5.72. The van der Waals surface area contributed by atoms with Crippen molar-refractivity contribution in [3.8, 4) is 0 Å². The number of rotatable bonds is 6. The van der Waals surface area contributed by atoms with Gasteiger partial charge in [-0.3, -0.25) is 4.79 Å². The molecule has 1 heterocycles. The maximum atomic E-state index is 11.5. The van der Waals surface area contributed by atoms with E-state index >= 15 is 0 Å². The van der Waals surface area contributed by atoms with E-state index in [0.29, 0.717) is 26.1 Å². The van der Waals surface area contributed by atoms with Crippen molar-refractivity contribution in [3.05, 3.63) is 0 Å². The molecule has 0 aromatic rings. The zero-order valence-corrected chi connectivity index (χ0v) is 11.1. The molecule has 1 saturated heterocycles. The van der Waals surface area contributed by atoms with Crippen LogP contribution in [0.2, 0.25) is 0 Å². The molecule has 0 bridgehead atoms. The van der Waals surface area contributed by atoms with E-state index in [1.807, 2.05) is 0 Å². The van der Waals surface area contributed by atoms with Gasteiger partial charge in [-0.1, -0.05) is 0 Å². The Morgan fingerprint density at radius 1 is 1.53 bits per heavy atom. The van der Waals surface area contributed by atoms with Crippen molar-refractivity contribution in [1.82, 2.24) is 9.62 Å². The quantitative estimate of drug-likeness (QED) is 0.660. The van der Waals surface area contributed by atoms with Crippen molar-refractivity contribution in [3.63, 3.8) is 0 Å². The predicted octanol–water partition coefficient (Wildman–Crippen LogP) is -0.437. The van der Waals surface area contributed by atoms with Gasteiger partial charge in [0.15, 0.2) is 0 Å². The van der Waals surface area contributed by atoms with Crippen molar-refractivity contribution in [2.75, 3.05) is 33.0 Å². The molecular weight excluding hydrogens is 244 g/mol. The average Bonchev–Trinajstić information content (AvgIpc) is 2.75. The van der Waals surface area contributed by atoms with Crippen molar-refractivity contribution in [1.29, 1.82) is 0 Å². The maximum absolute atomic E-state index is 11.5. The van der Waals surface area contributed by atoms with Crippen LogP contribution in [0, 0.1) is 0 Å². The minimum atomic E-state index is -3.12. The Morgan fingerprint density at radius 3 is 2.76 bits per heavy atom. The van der Waals surface area contributed by atoms with Gasteiger partial charge in [0.05, 0.1) is 6.26 Å². The first-order valence-corrected chi connectivity index (χ1v) is 7.56. The van der Waals surface area contributed by atoms with Gasteiger partial charge in [-0.25, -0.2) is 12.7 Å². The molecule has 6 nitrogen and oxygen atoms in total. The van der Waals surface area contributed by atoms with Crippen LogP contribution in [0.15, 0.2) is 0 Å². The van der Waals surface area contributed by atoms with Gasteiger partial charge in [0.2, 0.25) is 15.9 Å². The van der Waals surface area contributed by atoms with Crippen LogP contribution in [0.1, 0.15) is 19.3 Å². The highest BCUT2D eigenvalue weighted by atomic mass is 32.2. The predicted molar refractivity (Wildman–Crippen MR) is 64.1 cm³/mol. The summed E-state index contributed by atoms with van der Waals surface area (Å²) in [7, 11) is -1.60. The number of nitrogens with zero attached hydrogens (tertiary/aromatic N) is 1. The van der Waals surface area contributed by atoms with Crippen LogP contribution in [-0.4, -0.2) is 57.7 Å². The molecule has 0 spiro atoms. The van der Waals surface area contributed by atoms with Gasteiger partial charge in [0.1, 0.15) is 6.10 Å². The molecule has 1 N–H and O–H groups in total. The minimum Gasteiger partial charge on any atom is -0.368 e. The lowest BCUT2D eigenvalue weighted by Gasteiger charge is -2.14. The molecule has 0 saturated carbocycles. The van der Waals surface area contributed by atoms with Crippen molar-refractivity contribution in [2.24, 2.45) is 0 Å². The zero-order valence-electron chi connectivity index (χ0n) is 10.3. The van der Waals surface area contributed by atoms with Gasteiger partial charge in [-0.05, 0) is 19.3 Å². The van der Waals surface area contributed by atoms with Crippen LogP contribution in [0.25, 0.3) is 0 Å². The third-order valence-corrected chi connectivity index (χ3v) is 4.05. The van der Waals surface area contributed by atoms with Gasteiger partial charge in [0, 0.05) is 26.7 Å². The Kier molecular flexibility index (Phi) is 5.35. The number of carbonyl (C=O) groups excluding carboxylic acids is 1. The molecule has 1 atom stereocenters. The first-order chi connectivity index (χ1) is 7.91. The molecule has 100 valence electrons. The molecule has 0 aromatic heterocycles. The second-order valence-electron chi connectivity index (χ2n) is 4.23. The third kappa shape index (κ3) is 5.01. The SMILES string of the molecule is CN(CCCNC(=O)[C@@H]1CCCO1)S(C)(=O)=O. The van der Waals surface area contributed by atoms with Crippen molar-refractivity contribution in [2.45, 2.75) is 25.4 Å². The summed E-state index contributed by atoms with van der Waals surface area (Å²) < 4.78 is 28.7. The van der Waals surface area contributed by atoms with E-state index in [1.165, 1.54) is 11.4 Å².